The van der Waals surface area contributed by atoms with Crippen molar-refractivity contribution in [2.45, 2.75) is 32.3 Å². The highest BCUT2D eigenvalue weighted by Crippen LogP contribution is 2.36. The summed E-state index contributed by atoms with van der Waals surface area (Å²) in [6.07, 6.45) is 4.58. The molecule has 0 N–H and O–H groups in total. The van der Waals surface area contributed by atoms with Crippen molar-refractivity contribution in [1.82, 2.24) is 14.6 Å². The highest BCUT2D eigenvalue weighted by Gasteiger charge is 2.28. The maximum absolute atomic E-state index is 12.5. The molecule has 9 nitrogen and oxygen atoms in total. The maximum atomic E-state index is 12.5. The second-order valence-corrected chi connectivity index (χ2v) is 8.77. The monoisotopic (exact) mass is 449 g/mol. The Bertz CT molecular complexity index is 1250. The zero-order valence-corrected chi connectivity index (χ0v) is 18.7. The normalized spacial score (nSPS) is 18.3. The zero-order valence-electron chi connectivity index (χ0n) is 18.7. The van der Waals surface area contributed by atoms with Crippen LogP contribution in [-0.4, -0.2) is 60.1 Å². The number of rotatable bonds is 4. The minimum absolute atomic E-state index is 0.115. The SMILES string of the molecule is Cc1c(N2CCC(Oc3ccc4c(c3)OCCO4)CC2)nn2c(=O)ccnc2c1N1CCC1. The molecule has 0 aliphatic carbocycles. The van der Waals surface area contributed by atoms with E-state index in [9.17, 15) is 4.79 Å². The lowest BCUT2D eigenvalue weighted by molar-refractivity contribution is 0.159. The Morgan fingerprint density at radius 2 is 1.79 bits per heavy atom. The summed E-state index contributed by atoms with van der Waals surface area (Å²) < 4.78 is 19.0. The molecule has 5 heterocycles. The first-order valence-electron chi connectivity index (χ1n) is 11.6. The Morgan fingerprint density at radius 1 is 1.00 bits per heavy atom. The average Bonchev–Trinajstić information content (AvgIpc) is 2.80. The zero-order chi connectivity index (χ0) is 22.4. The van der Waals surface area contributed by atoms with Crippen molar-refractivity contribution in [2.24, 2.45) is 0 Å². The lowest BCUT2D eigenvalue weighted by Crippen LogP contribution is -2.41. The van der Waals surface area contributed by atoms with Crippen molar-refractivity contribution in [2.75, 3.05) is 49.2 Å². The fourth-order valence-electron chi connectivity index (χ4n) is 4.80. The molecule has 9 heteroatoms. The molecule has 3 aliphatic heterocycles. The molecule has 0 saturated carbocycles. The molecule has 172 valence electrons. The molecule has 2 aromatic heterocycles. The van der Waals surface area contributed by atoms with Crippen molar-refractivity contribution in [3.63, 3.8) is 0 Å². The first kappa shape index (κ1) is 20.1. The van der Waals surface area contributed by atoms with Crippen LogP contribution in [0.4, 0.5) is 11.5 Å². The first-order valence-corrected chi connectivity index (χ1v) is 11.6. The molecule has 33 heavy (non-hydrogen) atoms. The molecule has 2 fully saturated rings. The van der Waals surface area contributed by atoms with Crippen LogP contribution in [-0.2, 0) is 0 Å². The fraction of sp³-hybridized carbons (Fsp3) is 0.458. The minimum atomic E-state index is -0.153. The Morgan fingerprint density at radius 3 is 2.55 bits per heavy atom. The van der Waals surface area contributed by atoms with Gasteiger partial charge in [-0.05, 0) is 25.5 Å². The quantitative estimate of drug-likeness (QED) is 0.601. The summed E-state index contributed by atoms with van der Waals surface area (Å²) in [5, 5.41) is 4.73. The molecule has 1 aromatic carbocycles. The molecule has 0 spiro atoms. The van der Waals surface area contributed by atoms with Crippen LogP contribution >= 0.6 is 0 Å². The fourth-order valence-corrected chi connectivity index (χ4v) is 4.80. The number of fused-ring (bicyclic) bond motifs is 2. The predicted octanol–water partition coefficient (Wildman–Crippen LogP) is 2.43. The number of hydrogen-bond donors (Lipinski definition) is 0. The molecule has 2 saturated heterocycles. The summed E-state index contributed by atoms with van der Waals surface area (Å²) in [4.78, 5) is 21.6. The summed E-state index contributed by atoms with van der Waals surface area (Å²) in [6.45, 7) is 6.81. The number of piperidine rings is 1. The van der Waals surface area contributed by atoms with Gasteiger partial charge in [-0.3, -0.25) is 4.79 Å². The van der Waals surface area contributed by atoms with Crippen LogP contribution in [0.2, 0.25) is 0 Å². The van der Waals surface area contributed by atoms with Gasteiger partial charge in [0, 0.05) is 62.9 Å². The van der Waals surface area contributed by atoms with Gasteiger partial charge >= 0.3 is 0 Å². The van der Waals surface area contributed by atoms with Crippen LogP contribution in [0.15, 0.2) is 35.3 Å². The van der Waals surface area contributed by atoms with Gasteiger partial charge in [0.1, 0.15) is 25.1 Å². The molecule has 0 atom stereocenters. The third-order valence-corrected chi connectivity index (χ3v) is 6.65. The van der Waals surface area contributed by atoms with E-state index in [-0.39, 0.29) is 11.7 Å². The van der Waals surface area contributed by atoms with E-state index in [2.05, 4.69) is 21.7 Å². The molecular formula is C24H27N5O4. The van der Waals surface area contributed by atoms with E-state index >= 15 is 0 Å². The summed E-state index contributed by atoms with van der Waals surface area (Å²) in [7, 11) is 0. The molecule has 0 unspecified atom stereocenters. The summed E-state index contributed by atoms with van der Waals surface area (Å²) in [5.74, 6) is 3.17. The van der Waals surface area contributed by atoms with Crippen LogP contribution in [0.25, 0.3) is 5.65 Å². The molecule has 3 aromatic rings. The van der Waals surface area contributed by atoms with Crippen LogP contribution in [0, 0.1) is 6.92 Å². The van der Waals surface area contributed by atoms with Crippen molar-refractivity contribution in [3.05, 3.63) is 46.4 Å². The largest absolute Gasteiger partial charge is 0.490 e. The number of nitrogens with zero attached hydrogens (tertiary/aromatic N) is 5. The number of ether oxygens (including phenoxy) is 3. The van der Waals surface area contributed by atoms with E-state index in [0.29, 0.717) is 18.9 Å². The van der Waals surface area contributed by atoms with Gasteiger partial charge in [0.2, 0.25) is 0 Å². The highest BCUT2D eigenvalue weighted by atomic mass is 16.6. The van der Waals surface area contributed by atoms with Gasteiger partial charge in [0.25, 0.3) is 5.56 Å². The second kappa shape index (κ2) is 8.13. The number of anilines is 2. The topological polar surface area (TPSA) is 81.4 Å². The van der Waals surface area contributed by atoms with E-state index in [0.717, 1.165) is 79.8 Å². The van der Waals surface area contributed by atoms with Gasteiger partial charge in [-0.25, -0.2) is 4.98 Å². The van der Waals surface area contributed by atoms with Gasteiger partial charge in [-0.15, -0.1) is 5.10 Å². The third kappa shape index (κ3) is 3.61. The first-order chi connectivity index (χ1) is 16.2. The van der Waals surface area contributed by atoms with E-state index in [1.54, 1.807) is 6.20 Å². The van der Waals surface area contributed by atoms with Crippen LogP contribution in [0.1, 0.15) is 24.8 Å². The highest BCUT2D eigenvalue weighted by molar-refractivity contribution is 5.77. The van der Waals surface area contributed by atoms with Gasteiger partial charge in [0.05, 0.1) is 5.69 Å². The Kier molecular flexibility index (Phi) is 4.96. The Balaban J connectivity index is 1.22. The number of aromatic nitrogens is 3. The molecule has 6 rings (SSSR count). The minimum Gasteiger partial charge on any atom is -0.490 e. The molecule has 0 bridgehead atoms. The van der Waals surface area contributed by atoms with Crippen LogP contribution < -0.4 is 29.6 Å². The summed E-state index contributed by atoms with van der Waals surface area (Å²) in [6, 6.07) is 7.22. The van der Waals surface area contributed by atoms with Crippen molar-refractivity contribution >= 4 is 17.2 Å². The number of hydrogen-bond acceptors (Lipinski definition) is 8. The van der Waals surface area contributed by atoms with Crippen molar-refractivity contribution in [1.29, 1.82) is 0 Å². The smallest absolute Gasteiger partial charge is 0.274 e. The van der Waals surface area contributed by atoms with E-state index < -0.39 is 0 Å². The van der Waals surface area contributed by atoms with Crippen LogP contribution in [0.5, 0.6) is 17.2 Å². The van der Waals surface area contributed by atoms with E-state index in [1.165, 1.54) is 10.6 Å². The average molecular weight is 450 g/mol. The maximum Gasteiger partial charge on any atom is 0.274 e. The molecule has 0 radical (unpaired) electrons. The lowest BCUT2D eigenvalue weighted by Gasteiger charge is -2.37. The van der Waals surface area contributed by atoms with Gasteiger partial charge < -0.3 is 24.0 Å². The predicted molar refractivity (Wildman–Crippen MR) is 124 cm³/mol. The lowest BCUT2D eigenvalue weighted by atomic mass is 10.1. The second-order valence-electron chi connectivity index (χ2n) is 8.77. The third-order valence-electron chi connectivity index (χ3n) is 6.65. The van der Waals surface area contributed by atoms with Gasteiger partial charge in [-0.2, -0.15) is 4.52 Å². The van der Waals surface area contributed by atoms with Crippen molar-refractivity contribution < 1.29 is 14.2 Å². The van der Waals surface area contributed by atoms with Gasteiger partial charge in [-0.1, -0.05) is 0 Å². The van der Waals surface area contributed by atoms with Crippen molar-refractivity contribution in [3.8, 4) is 17.2 Å². The number of benzene rings is 1. The molecule has 0 amide bonds. The summed E-state index contributed by atoms with van der Waals surface area (Å²) >= 11 is 0. The van der Waals surface area contributed by atoms with Gasteiger partial charge in [0.15, 0.2) is 23.0 Å². The molecular weight excluding hydrogens is 422 g/mol. The molecule has 3 aliphatic rings. The van der Waals surface area contributed by atoms with E-state index in [4.69, 9.17) is 19.3 Å². The standard InChI is InChI=1S/C24H27N5O4/c1-16-22(27-9-2-10-27)24-25-8-5-21(30)29(24)26-23(16)28-11-6-17(7-12-28)33-18-3-4-19-20(15-18)32-14-13-31-19/h3-5,8,15,17H,2,6-7,9-14H2,1H3. The summed E-state index contributed by atoms with van der Waals surface area (Å²) in [5.41, 5.74) is 2.60. The Labute approximate surface area is 191 Å². The van der Waals surface area contributed by atoms with Crippen LogP contribution in [0.3, 0.4) is 0 Å². The Hall–Kier alpha value is -3.49. The van der Waals surface area contributed by atoms with E-state index in [1.807, 2.05) is 18.2 Å².